The van der Waals surface area contributed by atoms with Gasteiger partial charge in [0.25, 0.3) is 0 Å². The molecule has 2 nitrogen and oxygen atoms in total. The Balaban J connectivity index is 1.79. The quantitative estimate of drug-likeness (QED) is 0.227. The third kappa shape index (κ3) is 3.95. The molecule has 0 fully saturated rings. The second kappa shape index (κ2) is 9.13. The number of ketones is 1. The van der Waals surface area contributed by atoms with Crippen LogP contribution in [-0.4, -0.2) is 10.4 Å². The number of benzene rings is 3. The standard InChI is InChI=1S/C28H29NO/c1-3-5-10-18-29-20-23(19-27(29)25-16-9-6-12-21(25)4-2)28(30)26-17-11-14-22-13-7-8-15-24(22)26/h6-9,11-17,19-20H,3-5,10,18H2,1-2H3. The van der Waals surface area contributed by atoms with Gasteiger partial charge in [0.15, 0.2) is 5.78 Å². The summed E-state index contributed by atoms with van der Waals surface area (Å²) < 4.78 is 2.28. The highest BCUT2D eigenvalue weighted by atomic mass is 16.1. The third-order valence-electron chi connectivity index (χ3n) is 5.87. The molecule has 1 heterocycles. The van der Waals surface area contributed by atoms with Crippen LogP contribution in [0, 0.1) is 0 Å². The van der Waals surface area contributed by atoms with E-state index in [9.17, 15) is 4.79 Å². The fourth-order valence-electron chi connectivity index (χ4n) is 4.24. The number of carbonyl (C=O) groups is 1. The lowest BCUT2D eigenvalue weighted by atomic mass is 9.97. The number of hydrogen-bond donors (Lipinski definition) is 0. The van der Waals surface area contributed by atoms with Crippen molar-refractivity contribution in [2.75, 3.05) is 0 Å². The van der Waals surface area contributed by atoms with Crippen molar-refractivity contribution in [2.24, 2.45) is 0 Å². The number of carbonyl (C=O) groups excluding carboxylic acids is 1. The fraction of sp³-hybridized carbons (Fsp3) is 0.250. The Hall–Kier alpha value is -3.13. The lowest BCUT2D eigenvalue weighted by Crippen LogP contribution is -2.02. The van der Waals surface area contributed by atoms with Crippen molar-refractivity contribution in [3.05, 3.63) is 95.7 Å². The first kappa shape index (κ1) is 20.2. The molecule has 0 atom stereocenters. The van der Waals surface area contributed by atoms with Crippen molar-refractivity contribution in [1.82, 2.24) is 4.57 Å². The Labute approximate surface area is 179 Å². The molecule has 4 aromatic rings. The van der Waals surface area contributed by atoms with Gasteiger partial charge in [0.05, 0.1) is 0 Å². The van der Waals surface area contributed by atoms with E-state index in [1.807, 2.05) is 30.3 Å². The molecule has 0 spiro atoms. The number of aromatic nitrogens is 1. The van der Waals surface area contributed by atoms with E-state index >= 15 is 0 Å². The van der Waals surface area contributed by atoms with Gasteiger partial charge < -0.3 is 4.57 Å². The monoisotopic (exact) mass is 395 g/mol. The van der Waals surface area contributed by atoms with Gasteiger partial charge in [-0.15, -0.1) is 0 Å². The molecule has 3 aromatic carbocycles. The molecule has 0 unspecified atom stereocenters. The van der Waals surface area contributed by atoms with Crippen molar-refractivity contribution in [3.63, 3.8) is 0 Å². The highest BCUT2D eigenvalue weighted by Crippen LogP contribution is 2.29. The minimum absolute atomic E-state index is 0.0938. The predicted molar refractivity (Wildman–Crippen MR) is 126 cm³/mol. The number of rotatable bonds is 8. The molecular weight excluding hydrogens is 366 g/mol. The van der Waals surface area contributed by atoms with Crippen LogP contribution in [0.15, 0.2) is 79.0 Å². The van der Waals surface area contributed by atoms with E-state index in [1.54, 1.807) is 0 Å². The zero-order valence-corrected chi connectivity index (χ0v) is 17.9. The molecule has 0 N–H and O–H groups in total. The average molecular weight is 396 g/mol. The van der Waals surface area contributed by atoms with Crippen LogP contribution in [0.3, 0.4) is 0 Å². The fourth-order valence-corrected chi connectivity index (χ4v) is 4.24. The summed E-state index contributed by atoms with van der Waals surface area (Å²) in [7, 11) is 0. The first-order valence-electron chi connectivity index (χ1n) is 11.0. The highest BCUT2D eigenvalue weighted by molar-refractivity contribution is 6.16. The minimum Gasteiger partial charge on any atom is -0.347 e. The van der Waals surface area contributed by atoms with Gasteiger partial charge in [-0.05, 0) is 35.2 Å². The van der Waals surface area contributed by atoms with E-state index < -0.39 is 0 Å². The van der Waals surface area contributed by atoms with E-state index in [-0.39, 0.29) is 5.78 Å². The second-order valence-electron chi connectivity index (χ2n) is 7.88. The Morgan fingerprint density at radius 1 is 0.867 bits per heavy atom. The largest absolute Gasteiger partial charge is 0.347 e. The average Bonchev–Trinajstić information content (AvgIpc) is 3.22. The lowest BCUT2D eigenvalue weighted by Gasteiger charge is -2.12. The third-order valence-corrected chi connectivity index (χ3v) is 5.87. The first-order valence-corrected chi connectivity index (χ1v) is 11.0. The Morgan fingerprint density at radius 2 is 1.63 bits per heavy atom. The SMILES string of the molecule is CCCCCn1cc(C(=O)c2cccc3ccccc23)cc1-c1ccccc1CC. The van der Waals surface area contributed by atoms with Gasteiger partial charge in [-0.3, -0.25) is 4.79 Å². The van der Waals surface area contributed by atoms with Crippen molar-refractivity contribution < 1.29 is 4.79 Å². The van der Waals surface area contributed by atoms with Crippen LogP contribution in [0.25, 0.3) is 22.0 Å². The molecule has 0 amide bonds. The molecule has 1 aromatic heterocycles. The van der Waals surface area contributed by atoms with Crippen molar-refractivity contribution >= 4 is 16.6 Å². The van der Waals surface area contributed by atoms with Crippen LogP contribution in [-0.2, 0) is 13.0 Å². The zero-order chi connectivity index (χ0) is 20.9. The molecule has 0 bridgehead atoms. The van der Waals surface area contributed by atoms with Crippen LogP contribution in [0.5, 0.6) is 0 Å². The normalized spacial score (nSPS) is 11.1. The topological polar surface area (TPSA) is 22.0 Å². The first-order chi connectivity index (χ1) is 14.7. The van der Waals surface area contributed by atoms with Gasteiger partial charge in [0, 0.05) is 35.1 Å². The molecule has 0 radical (unpaired) electrons. The summed E-state index contributed by atoms with van der Waals surface area (Å²) in [4.78, 5) is 13.5. The van der Waals surface area contributed by atoms with Crippen LogP contribution >= 0.6 is 0 Å². The van der Waals surface area contributed by atoms with Gasteiger partial charge >= 0.3 is 0 Å². The maximum atomic E-state index is 13.5. The van der Waals surface area contributed by atoms with E-state index in [1.165, 1.54) is 24.0 Å². The van der Waals surface area contributed by atoms with E-state index in [2.05, 4.69) is 67.1 Å². The van der Waals surface area contributed by atoms with Gasteiger partial charge in [-0.2, -0.15) is 0 Å². The lowest BCUT2D eigenvalue weighted by molar-refractivity contribution is 0.104. The summed E-state index contributed by atoms with van der Waals surface area (Å²) in [5.74, 6) is 0.0938. The van der Waals surface area contributed by atoms with E-state index in [0.29, 0.717) is 0 Å². The number of hydrogen-bond acceptors (Lipinski definition) is 1. The molecule has 152 valence electrons. The molecule has 0 saturated carbocycles. The van der Waals surface area contributed by atoms with Gasteiger partial charge in [-0.1, -0.05) is 93.4 Å². The Morgan fingerprint density at radius 3 is 2.47 bits per heavy atom. The predicted octanol–water partition coefficient (Wildman–Crippen LogP) is 7.29. The zero-order valence-electron chi connectivity index (χ0n) is 17.9. The summed E-state index contributed by atoms with van der Waals surface area (Å²) in [6, 6.07) is 24.7. The molecule has 0 aliphatic carbocycles. The molecular formula is C28H29NO. The molecule has 2 heteroatoms. The van der Waals surface area contributed by atoms with Gasteiger partial charge in [-0.25, -0.2) is 0 Å². The molecule has 0 aliphatic rings. The van der Waals surface area contributed by atoms with Crippen molar-refractivity contribution in [3.8, 4) is 11.3 Å². The number of aryl methyl sites for hydroxylation is 2. The second-order valence-corrected chi connectivity index (χ2v) is 7.88. The van der Waals surface area contributed by atoms with Crippen molar-refractivity contribution in [1.29, 1.82) is 0 Å². The molecule has 0 saturated heterocycles. The summed E-state index contributed by atoms with van der Waals surface area (Å²) in [5.41, 5.74) is 5.23. The van der Waals surface area contributed by atoms with Gasteiger partial charge in [0.1, 0.15) is 0 Å². The summed E-state index contributed by atoms with van der Waals surface area (Å²) in [5, 5.41) is 2.11. The smallest absolute Gasteiger partial charge is 0.195 e. The summed E-state index contributed by atoms with van der Waals surface area (Å²) in [6.45, 7) is 5.34. The number of nitrogens with zero attached hydrogens (tertiary/aromatic N) is 1. The number of fused-ring (bicyclic) bond motifs is 1. The minimum atomic E-state index is 0.0938. The maximum Gasteiger partial charge on any atom is 0.195 e. The molecule has 0 aliphatic heterocycles. The summed E-state index contributed by atoms with van der Waals surface area (Å²) in [6.07, 6.45) is 6.53. The maximum absolute atomic E-state index is 13.5. The van der Waals surface area contributed by atoms with Crippen LogP contribution in [0.1, 0.15) is 54.6 Å². The number of unbranched alkanes of at least 4 members (excludes halogenated alkanes) is 2. The highest BCUT2D eigenvalue weighted by Gasteiger charge is 2.18. The van der Waals surface area contributed by atoms with Crippen LogP contribution in [0.4, 0.5) is 0 Å². The van der Waals surface area contributed by atoms with E-state index in [4.69, 9.17) is 0 Å². The molecule has 4 rings (SSSR count). The van der Waals surface area contributed by atoms with Crippen molar-refractivity contribution in [2.45, 2.75) is 46.1 Å². The van der Waals surface area contributed by atoms with Crippen LogP contribution in [0.2, 0.25) is 0 Å². The van der Waals surface area contributed by atoms with Crippen LogP contribution < -0.4 is 0 Å². The van der Waals surface area contributed by atoms with Gasteiger partial charge in [0.2, 0.25) is 0 Å². The van der Waals surface area contributed by atoms with E-state index in [0.717, 1.165) is 47.0 Å². The molecule has 30 heavy (non-hydrogen) atoms. The summed E-state index contributed by atoms with van der Waals surface area (Å²) >= 11 is 0. The Bertz CT molecular complexity index is 1160. The Kier molecular flexibility index (Phi) is 6.13.